The Labute approximate surface area is 153 Å². The monoisotopic (exact) mass is 368 g/mol. The number of rotatable bonds is 7. The van der Waals surface area contributed by atoms with E-state index in [1.165, 1.54) is 6.92 Å². The third-order valence-electron chi connectivity index (χ3n) is 4.42. The average Bonchev–Trinajstić information content (AvgIpc) is 2.87. The Morgan fingerprint density at radius 3 is 2.69 bits per heavy atom. The smallest absolute Gasteiger partial charge is 0.323 e. The molecule has 1 fully saturated rings. The molecule has 0 aliphatic carbocycles. The number of ether oxygens (including phenoxy) is 2. The molecule has 2 heterocycles. The molecule has 1 saturated heterocycles. The van der Waals surface area contributed by atoms with Crippen LogP contribution in [0, 0.1) is 5.92 Å². The van der Waals surface area contributed by atoms with Gasteiger partial charge in [0.2, 0.25) is 0 Å². The SMILES string of the molecule is CC(=O)C1=CN([C@@H]2O[C@H](COC(=O)[C@@H](N)CC(C)C)[C@@H](O)[C@H]2O)C=CC1. The number of carbonyl (C=O) groups is 2. The average molecular weight is 368 g/mol. The zero-order valence-electron chi connectivity index (χ0n) is 15.4. The summed E-state index contributed by atoms with van der Waals surface area (Å²) in [5, 5.41) is 20.5. The Balaban J connectivity index is 1.95. The van der Waals surface area contributed by atoms with Crippen molar-refractivity contribution >= 4 is 11.8 Å². The molecule has 2 rings (SSSR count). The van der Waals surface area contributed by atoms with Crippen molar-refractivity contribution in [3.63, 3.8) is 0 Å². The minimum atomic E-state index is -1.22. The highest BCUT2D eigenvalue weighted by Gasteiger charge is 2.45. The molecule has 0 unspecified atom stereocenters. The van der Waals surface area contributed by atoms with Crippen molar-refractivity contribution in [3.05, 3.63) is 24.0 Å². The van der Waals surface area contributed by atoms with Crippen molar-refractivity contribution in [2.45, 2.75) is 64.2 Å². The lowest BCUT2D eigenvalue weighted by Crippen LogP contribution is -2.40. The van der Waals surface area contributed by atoms with E-state index < -0.39 is 36.6 Å². The quantitative estimate of drug-likeness (QED) is 0.539. The fourth-order valence-corrected chi connectivity index (χ4v) is 2.96. The number of aliphatic hydroxyl groups is 2. The molecule has 26 heavy (non-hydrogen) atoms. The number of hydrogen-bond acceptors (Lipinski definition) is 8. The summed E-state index contributed by atoms with van der Waals surface area (Å²) in [7, 11) is 0. The predicted octanol–water partition coefficient (Wildman–Crippen LogP) is 0.0420. The van der Waals surface area contributed by atoms with E-state index in [1.807, 2.05) is 13.8 Å². The number of hydrogen-bond donors (Lipinski definition) is 3. The second-order valence-corrected chi connectivity index (χ2v) is 7.16. The Kier molecular flexibility index (Phi) is 6.94. The summed E-state index contributed by atoms with van der Waals surface area (Å²) in [6, 6.07) is -0.736. The van der Waals surface area contributed by atoms with Gasteiger partial charge in [-0.1, -0.05) is 19.9 Å². The van der Waals surface area contributed by atoms with E-state index in [9.17, 15) is 19.8 Å². The minimum Gasteiger partial charge on any atom is -0.462 e. The Hall–Kier alpha value is -1.74. The largest absolute Gasteiger partial charge is 0.462 e. The van der Waals surface area contributed by atoms with Gasteiger partial charge in [-0.2, -0.15) is 0 Å². The van der Waals surface area contributed by atoms with Crippen LogP contribution < -0.4 is 5.73 Å². The van der Waals surface area contributed by atoms with E-state index in [4.69, 9.17) is 15.2 Å². The van der Waals surface area contributed by atoms with Gasteiger partial charge in [-0.15, -0.1) is 0 Å². The van der Waals surface area contributed by atoms with Crippen LogP contribution in [-0.2, 0) is 19.1 Å². The topological polar surface area (TPSA) is 122 Å². The van der Waals surface area contributed by atoms with E-state index in [2.05, 4.69) is 0 Å². The minimum absolute atomic E-state index is 0.0722. The highest BCUT2D eigenvalue weighted by atomic mass is 16.6. The standard InChI is InChI=1S/C18H28N2O6/c1-10(2)7-13(19)18(24)25-9-14-15(22)16(23)17(26-14)20-6-4-5-12(8-20)11(3)21/h4,6,8,10,13-17,22-23H,5,7,9,19H2,1-3H3/t13-,14+,15+,16+,17+/m0/s1. The molecule has 8 heteroatoms. The zero-order valence-corrected chi connectivity index (χ0v) is 15.4. The number of carbonyl (C=O) groups excluding carboxylic acids is 2. The number of nitrogens with zero attached hydrogens (tertiary/aromatic N) is 1. The molecule has 0 amide bonds. The van der Waals surface area contributed by atoms with Crippen molar-refractivity contribution in [1.82, 2.24) is 4.90 Å². The summed E-state index contributed by atoms with van der Waals surface area (Å²) in [4.78, 5) is 25.0. The maximum atomic E-state index is 11.9. The lowest BCUT2D eigenvalue weighted by atomic mass is 10.0. The maximum absolute atomic E-state index is 11.9. The number of nitrogens with two attached hydrogens (primary N) is 1. The summed E-state index contributed by atoms with van der Waals surface area (Å²) < 4.78 is 10.8. The van der Waals surface area contributed by atoms with Crippen LogP contribution in [0.1, 0.15) is 33.6 Å². The normalized spacial score (nSPS) is 29.7. The van der Waals surface area contributed by atoms with Crippen molar-refractivity contribution in [2.24, 2.45) is 11.7 Å². The first-order valence-electron chi connectivity index (χ1n) is 8.80. The molecule has 5 atom stereocenters. The fraction of sp³-hybridized carbons (Fsp3) is 0.667. The third kappa shape index (κ3) is 4.91. The molecule has 0 radical (unpaired) electrons. The van der Waals surface area contributed by atoms with E-state index >= 15 is 0 Å². The van der Waals surface area contributed by atoms with Crippen molar-refractivity contribution in [1.29, 1.82) is 0 Å². The van der Waals surface area contributed by atoms with Gasteiger partial charge >= 0.3 is 5.97 Å². The van der Waals surface area contributed by atoms with Crippen LogP contribution in [-0.4, -0.2) is 64.1 Å². The highest BCUT2D eigenvalue weighted by Crippen LogP contribution is 2.27. The molecule has 2 aliphatic rings. The van der Waals surface area contributed by atoms with Crippen molar-refractivity contribution < 1.29 is 29.3 Å². The van der Waals surface area contributed by atoms with Gasteiger partial charge in [0, 0.05) is 18.0 Å². The van der Waals surface area contributed by atoms with Gasteiger partial charge in [0.15, 0.2) is 12.0 Å². The number of esters is 1. The van der Waals surface area contributed by atoms with E-state index in [1.54, 1.807) is 23.4 Å². The number of aliphatic hydroxyl groups excluding tert-OH is 2. The second kappa shape index (κ2) is 8.77. The van der Waals surface area contributed by atoms with Crippen LogP contribution in [0.4, 0.5) is 0 Å². The third-order valence-corrected chi connectivity index (χ3v) is 4.42. The molecule has 0 aromatic rings. The van der Waals surface area contributed by atoms with Gasteiger partial charge in [0.05, 0.1) is 0 Å². The van der Waals surface area contributed by atoms with E-state index in [0.29, 0.717) is 18.4 Å². The first kappa shape index (κ1) is 20.6. The van der Waals surface area contributed by atoms with Gasteiger partial charge in [-0.3, -0.25) is 9.59 Å². The summed E-state index contributed by atoms with van der Waals surface area (Å²) in [6.07, 6.45) is 1.86. The predicted molar refractivity (Wildman–Crippen MR) is 93.4 cm³/mol. The lowest BCUT2D eigenvalue weighted by Gasteiger charge is -2.28. The van der Waals surface area contributed by atoms with Gasteiger partial charge in [-0.05, 0) is 25.7 Å². The second-order valence-electron chi connectivity index (χ2n) is 7.16. The molecule has 0 aromatic heterocycles. The van der Waals surface area contributed by atoms with Crippen LogP contribution in [0.25, 0.3) is 0 Å². The fourth-order valence-electron chi connectivity index (χ4n) is 2.96. The Morgan fingerprint density at radius 2 is 2.08 bits per heavy atom. The number of Topliss-reactive ketones (excluding diaryl/α,β-unsaturated/α-hetero) is 1. The molecule has 8 nitrogen and oxygen atoms in total. The molecule has 2 aliphatic heterocycles. The summed E-state index contributed by atoms with van der Waals surface area (Å²) >= 11 is 0. The zero-order chi connectivity index (χ0) is 19.4. The molecule has 0 saturated carbocycles. The summed E-state index contributed by atoms with van der Waals surface area (Å²) in [5.74, 6) is -0.383. The first-order chi connectivity index (χ1) is 12.2. The molecule has 0 bridgehead atoms. The van der Waals surface area contributed by atoms with Gasteiger partial charge in [0.1, 0.15) is 31.0 Å². The van der Waals surface area contributed by atoms with Gasteiger partial charge in [-0.25, -0.2) is 0 Å². The Bertz CT molecular complexity index is 588. The summed E-state index contributed by atoms with van der Waals surface area (Å²) in [5.41, 5.74) is 6.34. The van der Waals surface area contributed by atoms with E-state index in [0.717, 1.165) is 0 Å². The lowest BCUT2D eigenvalue weighted by molar-refractivity contribution is -0.152. The van der Waals surface area contributed by atoms with Crippen LogP contribution >= 0.6 is 0 Å². The van der Waals surface area contributed by atoms with E-state index in [-0.39, 0.29) is 18.3 Å². The number of ketones is 1. The molecule has 146 valence electrons. The van der Waals surface area contributed by atoms with Gasteiger partial charge in [0.25, 0.3) is 0 Å². The van der Waals surface area contributed by atoms with Crippen molar-refractivity contribution in [2.75, 3.05) is 6.61 Å². The first-order valence-corrected chi connectivity index (χ1v) is 8.80. The van der Waals surface area contributed by atoms with Crippen LogP contribution in [0.5, 0.6) is 0 Å². The van der Waals surface area contributed by atoms with Crippen LogP contribution in [0.2, 0.25) is 0 Å². The molecule has 4 N–H and O–H groups in total. The van der Waals surface area contributed by atoms with Gasteiger partial charge < -0.3 is 30.3 Å². The molecule has 0 spiro atoms. The molecular formula is C18H28N2O6. The van der Waals surface area contributed by atoms with Crippen LogP contribution in [0.3, 0.4) is 0 Å². The van der Waals surface area contributed by atoms with Crippen molar-refractivity contribution in [3.8, 4) is 0 Å². The van der Waals surface area contributed by atoms with Crippen LogP contribution in [0.15, 0.2) is 24.0 Å². The summed E-state index contributed by atoms with van der Waals surface area (Å²) in [6.45, 7) is 5.16. The number of allylic oxidation sites excluding steroid dienone is 2. The molecular weight excluding hydrogens is 340 g/mol. The highest BCUT2D eigenvalue weighted by molar-refractivity contribution is 5.93. The molecule has 0 aromatic carbocycles. The maximum Gasteiger partial charge on any atom is 0.323 e. The Morgan fingerprint density at radius 1 is 1.38 bits per heavy atom.